The summed E-state index contributed by atoms with van der Waals surface area (Å²) in [5.74, 6) is 0.539. The Morgan fingerprint density at radius 3 is 2.70 bits per heavy atom. The van der Waals surface area contributed by atoms with Gasteiger partial charge in [-0.3, -0.25) is 4.79 Å². The summed E-state index contributed by atoms with van der Waals surface area (Å²) < 4.78 is 10.9. The maximum atomic E-state index is 12.5. The highest BCUT2D eigenvalue weighted by Gasteiger charge is 2.19. The standard InChI is InChI=1S/C17H13Cl2NO3/c1-9-12-8-11(22-2)4-6-15(12)23-16(9)17(21)20-14-7-10(18)3-5-13(14)19/h3-8H,1-2H3,(H,20,21). The molecule has 1 N–H and O–H groups in total. The number of aryl methyl sites for hydroxylation is 1. The van der Waals surface area contributed by atoms with Gasteiger partial charge in [0.15, 0.2) is 5.76 Å². The number of furan rings is 1. The second-order valence-electron chi connectivity index (χ2n) is 5.00. The molecule has 0 unspecified atom stereocenters. The molecule has 0 saturated carbocycles. The predicted molar refractivity (Wildman–Crippen MR) is 91.9 cm³/mol. The lowest BCUT2D eigenvalue weighted by atomic mass is 10.1. The molecule has 0 aliphatic carbocycles. The zero-order chi connectivity index (χ0) is 16.6. The molecule has 3 aromatic rings. The van der Waals surface area contributed by atoms with Crippen LogP contribution in [0, 0.1) is 6.92 Å². The first-order chi connectivity index (χ1) is 11.0. The van der Waals surface area contributed by atoms with E-state index in [1.165, 1.54) is 0 Å². The molecular weight excluding hydrogens is 337 g/mol. The number of methoxy groups -OCH3 is 1. The van der Waals surface area contributed by atoms with Gasteiger partial charge in [0.05, 0.1) is 17.8 Å². The Bertz CT molecular complexity index is 902. The lowest BCUT2D eigenvalue weighted by molar-refractivity contribution is 0.0998. The summed E-state index contributed by atoms with van der Waals surface area (Å²) in [6, 6.07) is 10.2. The quantitative estimate of drug-likeness (QED) is 0.697. The van der Waals surface area contributed by atoms with Gasteiger partial charge < -0.3 is 14.5 Å². The van der Waals surface area contributed by atoms with Crippen LogP contribution in [0.25, 0.3) is 11.0 Å². The zero-order valence-electron chi connectivity index (χ0n) is 12.4. The van der Waals surface area contributed by atoms with Crippen LogP contribution in [0.5, 0.6) is 5.75 Å². The van der Waals surface area contributed by atoms with Crippen LogP contribution in [0.15, 0.2) is 40.8 Å². The van der Waals surface area contributed by atoms with Crippen molar-refractivity contribution in [2.45, 2.75) is 6.92 Å². The van der Waals surface area contributed by atoms with E-state index in [0.717, 1.165) is 10.9 Å². The minimum Gasteiger partial charge on any atom is -0.497 e. The van der Waals surface area contributed by atoms with E-state index >= 15 is 0 Å². The normalized spacial score (nSPS) is 10.8. The number of fused-ring (bicyclic) bond motifs is 1. The van der Waals surface area contributed by atoms with Crippen LogP contribution in [0.3, 0.4) is 0 Å². The summed E-state index contributed by atoms with van der Waals surface area (Å²) in [4.78, 5) is 12.5. The van der Waals surface area contributed by atoms with Crippen molar-refractivity contribution in [2.75, 3.05) is 12.4 Å². The number of hydrogen-bond donors (Lipinski definition) is 1. The third-order valence-electron chi connectivity index (χ3n) is 3.53. The third-order valence-corrected chi connectivity index (χ3v) is 4.09. The number of carbonyl (C=O) groups excluding carboxylic acids is 1. The molecule has 23 heavy (non-hydrogen) atoms. The Balaban J connectivity index is 1.97. The predicted octanol–water partition coefficient (Wildman–Crippen LogP) is 5.31. The van der Waals surface area contributed by atoms with Crippen LogP contribution in [-0.4, -0.2) is 13.0 Å². The minimum atomic E-state index is -0.387. The van der Waals surface area contributed by atoms with E-state index in [0.29, 0.717) is 27.1 Å². The number of hydrogen-bond acceptors (Lipinski definition) is 3. The van der Waals surface area contributed by atoms with Crippen molar-refractivity contribution >= 4 is 45.8 Å². The van der Waals surface area contributed by atoms with Crippen LogP contribution in [0.1, 0.15) is 16.1 Å². The summed E-state index contributed by atoms with van der Waals surface area (Å²) in [6.07, 6.45) is 0. The summed E-state index contributed by atoms with van der Waals surface area (Å²) >= 11 is 12.0. The van der Waals surface area contributed by atoms with Crippen molar-refractivity contribution in [3.8, 4) is 5.75 Å². The third kappa shape index (κ3) is 3.00. The second kappa shape index (κ2) is 6.14. The Morgan fingerprint density at radius 1 is 1.17 bits per heavy atom. The molecule has 1 amide bonds. The summed E-state index contributed by atoms with van der Waals surface area (Å²) in [7, 11) is 1.59. The maximum Gasteiger partial charge on any atom is 0.291 e. The van der Waals surface area contributed by atoms with Crippen molar-refractivity contribution in [3.63, 3.8) is 0 Å². The average Bonchev–Trinajstić information content (AvgIpc) is 2.87. The highest BCUT2D eigenvalue weighted by molar-refractivity contribution is 6.35. The second-order valence-corrected chi connectivity index (χ2v) is 5.84. The van der Waals surface area contributed by atoms with Crippen molar-refractivity contribution in [2.24, 2.45) is 0 Å². The Labute approximate surface area is 142 Å². The number of benzene rings is 2. The number of carbonyl (C=O) groups is 1. The van der Waals surface area contributed by atoms with Gasteiger partial charge in [-0.1, -0.05) is 23.2 Å². The SMILES string of the molecule is COc1ccc2oc(C(=O)Nc3cc(Cl)ccc3Cl)c(C)c2c1. The van der Waals surface area contributed by atoms with E-state index in [4.69, 9.17) is 32.4 Å². The zero-order valence-corrected chi connectivity index (χ0v) is 14.0. The molecule has 4 nitrogen and oxygen atoms in total. The topological polar surface area (TPSA) is 51.5 Å². The van der Waals surface area contributed by atoms with Gasteiger partial charge in [0, 0.05) is 16.0 Å². The summed E-state index contributed by atoms with van der Waals surface area (Å²) in [6.45, 7) is 1.82. The molecule has 6 heteroatoms. The van der Waals surface area contributed by atoms with Gasteiger partial charge in [-0.15, -0.1) is 0 Å². The fourth-order valence-corrected chi connectivity index (χ4v) is 2.65. The van der Waals surface area contributed by atoms with E-state index in [2.05, 4.69) is 5.32 Å². The Kier molecular flexibility index (Phi) is 4.20. The van der Waals surface area contributed by atoms with Crippen molar-refractivity contribution in [3.05, 3.63) is 57.8 Å². The number of amides is 1. The van der Waals surface area contributed by atoms with E-state index in [-0.39, 0.29) is 11.7 Å². The van der Waals surface area contributed by atoms with Crippen molar-refractivity contribution in [1.82, 2.24) is 0 Å². The minimum absolute atomic E-state index is 0.226. The fourth-order valence-electron chi connectivity index (χ4n) is 2.32. The molecule has 0 aliphatic rings. The van der Waals surface area contributed by atoms with Crippen molar-refractivity contribution in [1.29, 1.82) is 0 Å². The molecule has 0 spiro atoms. The van der Waals surface area contributed by atoms with Gasteiger partial charge in [0.25, 0.3) is 5.91 Å². The van der Waals surface area contributed by atoms with Gasteiger partial charge in [-0.25, -0.2) is 0 Å². The van der Waals surface area contributed by atoms with E-state index in [1.807, 2.05) is 13.0 Å². The maximum absolute atomic E-state index is 12.5. The van der Waals surface area contributed by atoms with Gasteiger partial charge >= 0.3 is 0 Å². The van der Waals surface area contributed by atoms with Crippen molar-refractivity contribution < 1.29 is 13.9 Å². The first-order valence-corrected chi connectivity index (χ1v) is 7.58. The smallest absolute Gasteiger partial charge is 0.291 e. The molecule has 3 rings (SSSR count). The lowest BCUT2D eigenvalue weighted by Gasteiger charge is -2.06. The van der Waals surface area contributed by atoms with Crippen LogP contribution in [-0.2, 0) is 0 Å². The molecular formula is C17H13Cl2NO3. The van der Waals surface area contributed by atoms with Gasteiger partial charge in [-0.2, -0.15) is 0 Å². The van der Waals surface area contributed by atoms with Gasteiger partial charge in [0.1, 0.15) is 11.3 Å². The average molecular weight is 350 g/mol. The number of ether oxygens (including phenoxy) is 1. The molecule has 1 aromatic heterocycles. The Morgan fingerprint density at radius 2 is 1.96 bits per heavy atom. The van der Waals surface area contributed by atoms with Gasteiger partial charge in [-0.05, 0) is 43.3 Å². The molecule has 1 heterocycles. The van der Waals surface area contributed by atoms with Crippen LogP contribution < -0.4 is 10.1 Å². The molecule has 2 aromatic carbocycles. The molecule has 0 fully saturated rings. The first-order valence-electron chi connectivity index (χ1n) is 6.83. The summed E-state index contributed by atoms with van der Waals surface area (Å²) in [5, 5.41) is 4.43. The molecule has 0 aliphatic heterocycles. The van der Waals surface area contributed by atoms with Crippen LogP contribution in [0.4, 0.5) is 5.69 Å². The lowest BCUT2D eigenvalue weighted by Crippen LogP contribution is -2.12. The first kappa shape index (κ1) is 15.7. The number of rotatable bonds is 3. The molecule has 118 valence electrons. The van der Waals surface area contributed by atoms with Crippen LogP contribution in [0.2, 0.25) is 10.0 Å². The van der Waals surface area contributed by atoms with E-state index < -0.39 is 0 Å². The Hall–Kier alpha value is -2.17. The number of halogens is 2. The summed E-state index contributed by atoms with van der Waals surface area (Å²) in [5.41, 5.74) is 1.78. The van der Waals surface area contributed by atoms with Crippen LogP contribution >= 0.6 is 23.2 Å². The molecule has 0 radical (unpaired) electrons. The monoisotopic (exact) mass is 349 g/mol. The van der Waals surface area contributed by atoms with E-state index in [9.17, 15) is 4.79 Å². The van der Waals surface area contributed by atoms with Gasteiger partial charge in [0.2, 0.25) is 0 Å². The highest BCUT2D eigenvalue weighted by atomic mass is 35.5. The molecule has 0 bridgehead atoms. The fraction of sp³-hybridized carbons (Fsp3) is 0.118. The highest BCUT2D eigenvalue weighted by Crippen LogP contribution is 2.30. The van der Waals surface area contributed by atoms with E-state index in [1.54, 1.807) is 37.4 Å². The number of nitrogens with one attached hydrogen (secondary N) is 1. The molecule has 0 saturated heterocycles. The largest absolute Gasteiger partial charge is 0.497 e. The molecule has 0 atom stereocenters. The number of anilines is 1.